The fourth-order valence-electron chi connectivity index (χ4n) is 0.846. The van der Waals surface area contributed by atoms with Crippen LogP contribution in [0.5, 0.6) is 0 Å². The van der Waals surface area contributed by atoms with Gasteiger partial charge in [0.05, 0.1) is 6.61 Å². The number of hydrogen-bond donors (Lipinski definition) is 3. The third-order valence-electron chi connectivity index (χ3n) is 1.38. The molecule has 1 aromatic rings. The standard InChI is InChI=1S/C7H13N3O/c11-6-5-8-2-1-7-9-3-4-10-7/h3-4,8,11H,1-2,5-6H2,(H,9,10). The molecule has 0 atom stereocenters. The SMILES string of the molecule is OCCNCCc1ncc[nH]1. The number of aliphatic hydroxyl groups is 1. The smallest absolute Gasteiger partial charge is 0.107 e. The molecule has 1 rings (SSSR count). The minimum Gasteiger partial charge on any atom is -0.395 e. The summed E-state index contributed by atoms with van der Waals surface area (Å²) in [5.41, 5.74) is 0. The Bertz CT molecular complexity index is 174. The van der Waals surface area contributed by atoms with Crippen molar-refractivity contribution in [2.45, 2.75) is 6.42 Å². The summed E-state index contributed by atoms with van der Waals surface area (Å²) >= 11 is 0. The average Bonchev–Trinajstić information content (AvgIpc) is 2.50. The van der Waals surface area contributed by atoms with Crippen LogP contribution in [-0.4, -0.2) is 34.8 Å². The Morgan fingerprint density at radius 3 is 3.09 bits per heavy atom. The molecule has 1 heterocycles. The maximum atomic E-state index is 8.44. The normalized spacial score (nSPS) is 10.3. The van der Waals surface area contributed by atoms with Gasteiger partial charge in [-0.25, -0.2) is 4.98 Å². The molecular weight excluding hydrogens is 142 g/mol. The molecule has 0 fully saturated rings. The van der Waals surface area contributed by atoms with Crippen LogP contribution in [0.25, 0.3) is 0 Å². The fraction of sp³-hybridized carbons (Fsp3) is 0.571. The van der Waals surface area contributed by atoms with Gasteiger partial charge in [0.2, 0.25) is 0 Å². The Labute approximate surface area is 65.7 Å². The largest absolute Gasteiger partial charge is 0.395 e. The van der Waals surface area contributed by atoms with Crippen LogP contribution in [0.2, 0.25) is 0 Å². The van der Waals surface area contributed by atoms with Crippen molar-refractivity contribution in [1.29, 1.82) is 0 Å². The van der Waals surface area contributed by atoms with E-state index in [4.69, 9.17) is 5.11 Å². The quantitative estimate of drug-likeness (QED) is 0.504. The maximum absolute atomic E-state index is 8.44. The van der Waals surface area contributed by atoms with Gasteiger partial charge in [0.15, 0.2) is 0 Å². The first-order valence-electron chi connectivity index (χ1n) is 3.73. The summed E-state index contributed by atoms with van der Waals surface area (Å²) in [6.45, 7) is 1.70. The molecule has 0 unspecified atom stereocenters. The van der Waals surface area contributed by atoms with E-state index in [1.165, 1.54) is 0 Å². The predicted molar refractivity (Wildman–Crippen MR) is 42.2 cm³/mol. The summed E-state index contributed by atoms with van der Waals surface area (Å²) in [6.07, 6.45) is 4.43. The molecule has 4 heteroatoms. The molecule has 0 spiro atoms. The van der Waals surface area contributed by atoms with E-state index >= 15 is 0 Å². The summed E-state index contributed by atoms with van der Waals surface area (Å²) in [7, 11) is 0. The molecule has 11 heavy (non-hydrogen) atoms. The summed E-state index contributed by atoms with van der Waals surface area (Å²) < 4.78 is 0. The lowest BCUT2D eigenvalue weighted by Crippen LogP contribution is -2.21. The topological polar surface area (TPSA) is 60.9 Å². The first kappa shape index (κ1) is 8.23. The Balaban J connectivity index is 2.04. The van der Waals surface area contributed by atoms with Crippen molar-refractivity contribution < 1.29 is 5.11 Å². The number of hydrogen-bond acceptors (Lipinski definition) is 3. The van der Waals surface area contributed by atoms with E-state index in [2.05, 4.69) is 15.3 Å². The minimum absolute atomic E-state index is 0.193. The zero-order chi connectivity index (χ0) is 7.94. The van der Waals surface area contributed by atoms with Gasteiger partial charge in [-0.1, -0.05) is 0 Å². The zero-order valence-electron chi connectivity index (χ0n) is 6.38. The number of imidazole rings is 1. The molecule has 4 nitrogen and oxygen atoms in total. The predicted octanol–water partition coefficient (Wildman–Crippen LogP) is -0.466. The number of aromatic amines is 1. The Kier molecular flexibility index (Phi) is 3.64. The van der Waals surface area contributed by atoms with Crippen LogP contribution in [-0.2, 0) is 6.42 Å². The van der Waals surface area contributed by atoms with Crippen LogP contribution in [0.3, 0.4) is 0 Å². The second-order valence-corrected chi connectivity index (χ2v) is 2.26. The molecule has 0 aliphatic carbocycles. The molecule has 0 aliphatic rings. The van der Waals surface area contributed by atoms with Crippen molar-refractivity contribution in [2.24, 2.45) is 0 Å². The lowest BCUT2D eigenvalue weighted by Gasteiger charge is -1.98. The van der Waals surface area contributed by atoms with Crippen molar-refractivity contribution in [2.75, 3.05) is 19.7 Å². The molecule has 0 saturated heterocycles. The molecule has 0 aliphatic heterocycles. The van der Waals surface area contributed by atoms with E-state index in [1.54, 1.807) is 12.4 Å². The average molecular weight is 155 g/mol. The number of rotatable bonds is 5. The molecule has 1 aromatic heterocycles. The Hall–Kier alpha value is -0.870. The van der Waals surface area contributed by atoms with Crippen molar-refractivity contribution in [1.82, 2.24) is 15.3 Å². The van der Waals surface area contributed by atoms with E-state index in [0.29, 0.717) is 6.54 Å². The highest BCUT2D eigenvalue weighted by Crippen LogP contribution is 1.87. The number of H-pyrrole nitrogens is 1. The summed E-state index contributed by atoms with van der Waals surface area (Å²) in [6, 6.07) is 0. The van der Waals surface area contributed by atoms with Gasteiger partial charge in [-0.15, -0.1) is 0 Å². The summed E-state index contributed by atoms with van der Waals surface area (Å²) in [4.78, 5) is 7.06. The molecule has 0 bridgehead atoms. The van der Waals surface area contributed by atoms with Crippen LogP contribution in [0.4, 0.5) is 0 Å². The minimum atomic E-state index is 0.193. The van der Waals surface area contributed by atoms with Gasteiger partial charge < -0.3 is 15.4 Å². The first-order chi connectivity index (χ1) is 5.43. The molecule has 3 N–H and O–H groups in total. The van der Waals surface area contributed by atoms with Gasteiger partial charge in [0.25, 0.3) is 0 Å². The lowest BCUT2D eigenvalue weighted by molar-refractivity contribution is 0.292. The van der Waals surface area contributed by atoms with E-state index in [0.717, 1.165) is 18.8 Å². The molecule has 0 aromatic carbocycles. The van der Waals surface area contributed by atoms with Crippen LogP contribution < -0.4 is 5.32 Å². The highest BCUT2D eigenvalue weighted by atomic mass is 16.3. The third-order valence-corrected chi connectivity index (χ3v) is 1.38. The van der Waals surface area contributed by atoms with Crippen molar-refractivity contribution in [3.8, 4) is 0 Å². The van der Waals surface area contributed by atoms with Crippen LogP contribution >= 0.6 is 0 Å². The second kappa shape index (κ2) is 4.87. The fourth-order valence-corrected chi connectivity index (χ4v) is 0.846. The maximum Gasteiger partial charge on any atom is 0.107 e. The van der Waals surface area contributed by atoms with E-state index in [9.17, 15) is 0 Å². The molecule has 0 saturated carbocycles. The number of nitrogens with one attached hydrogen (secondary N) is 2. The number of aromatic nitrogens is 2. The lowest BCUT2D eigenvalue weighted by atomic mass is 10.4. The molecular formula is C7H13N3O. The monoisotopic (exact) mass is 155 g/mol. The van der Waals surface area contributed by atoms with Gasteiger partial charge in [0.1, 0.15) is 5.82 Å². The number of aliphatic hydroxyl groups excluding tert-OH is 1. The zero-order valence-corrected chi connectivity index (χ0v) is 6.38. The summed E-state index contributed by atoms with van der Waals surface area (Å²) in [5.74, 6) is 0.982. The van der Waals surface area contributed by atoms with E-state index in [-0.39, 0.29) is 6.61 Å². The number of nitrogens with zero attached hydrogens (tertiary/aromatic N) is 1. The summed E-state index contributed by atoms with van der Waals surface area (Å²) in [5, 5.41) is 11.5. The van der Waals surface area contributed by atoms with Gasteiger partial charge >= 0.3 is 0 Å². The van der Waals surface area contributed by atoms with Crippen molar-refractivity contribution in [3.63, 3.8) is 0 Å². The third kappa shape index (κ3) is 3.15. The van der Waals surface area contributed by atoms with E-state index < -0.39 is 0 Å². The molecule has 62 valence electrons. The van der Waals surface area contributed by atoms with Gasteiger partial charge in [0, 0.05) is 31.9 Å². The van der Waals surface area contributed by atoms with Crippen LogP contribution in [0.15, 0.2) is 12.4 Å². The van der Waals surface area contributed by atoms with Gasteiger partial charge in [-0.2, -0.15) is 0 Å². The van der Waals surface area contributed by atoms with Gasteiger partial charge in [-0.3, -0.25) is 0 Å². The van der Waals surface area contributed by atoms with Crippen molar-refractivity contribution in [3.05, 3.63) is 18.2 Å². The van der Waals surface area contributed by atoms with Gasteiger partial charge in [-0.05, 0) is 0 Å². The first-order valence-corrected chi connectivity index (χ1v) is 3.73. The Morgan fingerprint density at radius 2 is 2.45 bits per heavy atom. The highest BCUT2D eigenvalue weighted by Gasteiger charge is 1.92. The molecule has 0 amide bonds. The van der Waals surface area contributed by atoms with E-state index in [1.807, 2.05) is 0 Å². The second-order valence-electron chi connectivity index (χ2n) is 2.26. The molecule has 0 radical (unpaired) electrons. The Morgan fingerprint density at radius 1 is 1.55 bits per heavy atom. The highest BCUT2D eigenvalue weighted by molar-refractivity contribution is 4.87. The van der Waals surface area contributed by atoms with Crippen molar-refractivity contribution >= 4 is 0 Å². The van der Waals surface area contributed by atoms with Crippen LogP contribution in [0.1, 0.15) is 5.82 Å². The van der Waals surface area contributed by atoms with Crippen LogP contribution in [0, 0.1) is 0 Å².